The highest BCUT2D eigenvalue weighted by molar-refractivity contribution is 6.80. The van der Waals surface area contributed by atoms with E-state index in [-0.39, 0.29) is 28.7 Å². The van der Waals surface area contributed by atoms with Gasteiger partial charge >= 0.3 is 12.1 Å². The first kappa shape index (κ1) is 26.6. The quantitative estimate of drug-likeness (QED) is 0.418. The lowest BCUT2D eigenvalue weighted by Crippen LogP contribution is -2.57. The van der Waals surface area contributed by atoms with Crippen LogP contribution in [0.15, 0.2) is 60.7 Å². The van der Waals surface area contributed by atoms with Gasteiger partial charge in [-0.25, -0.2) is 4.79 Å². The van der Waals surface area contributed by atoms with E-state index in [4.69, 9.17) is 9.16 Å². The number of benzene rings is 2. The third-order valence-corrected chi connectivity index (χ3v) is 12.5. The van der Waals surface area contributed by atoms with Crippen LogP contribution in [0, 0.1) is 0 Å². The lowest BCUT2D eigenvalue weighted by atomic mass is 10.1. The van der Waals surface area contributed by atoms with Gasteiger partial charge in [-0.3, -0.25) is 4.79 Å². The molecule has 6 heteroatoms. The number of rotatable bonds is 9. The Bertz CT molecular complexity index is 883. The zero-order chi connectivity index (χ0) is 24.6. The van der Waals surface area contributed by atoms with Gasteiger partial charge < -0.3 is 14.5 Å². The molecule has 0 saturated heterocycles. The Hall–Kier alpha value is -2.60. The summed E-state index contributed by atoms with van der Waals surface area (Å²) in [4.78, 5) is 26.2. The fraction of sp³-hybridized carbons (Fsp3) is 0.481. The molecule has 0 spiro atoms. The standard InChI is InChI=1S/C27H39NO4Si/c1-20(2)33(21(3)4,27(5,6)7)32-25(29)24(18-22-14-10-8-11-15-22)28-26(30)31-19-23-16-12-9-13-17-23/h8-17,20-21,24H,18-19H2,1-7H3,(H,28,30)/t24-/m0/s1. The zero-order valence-corrected chi connectivity index (χ0v) is 22.1. The largest absolute Gasteiger partial charge is 0.516 e. The van der Waals surface area contributed by atoms with Gasteiger partial charge in [0.15, 0.2) is 0 Å². The van der Waals surface area contributed by atoms with Crippen molar-refractivity contribution in [3.63, 3.8) is 0 Å². The lowest BCUT2D eigenvalue weighted by Gasteiger charge is -2.47. The minimum atomic E-state index is -2.56. The zero-order valence-electron chi connectivity index (χ0n) is 21.1. The van der Waals surface area contributed by atoms with Crippen LogP contribution in [-0.2, 0) is 27.0 Å². The van der Waals surface area contributed by atoms with Crippen molar-refractivity contribution in [1.29, 1.82) is 0 Å². The molecule has 5 nitrogen and oxygen atoms in total. The summed E-state index contributed by atoms with van der Waals surface area (Å²) in [6.07, 6.45) is -0.292. The van der Waals surface area contributed by atoms with E-state index >= 15 is 0 Å². The first-order valence-corrected chi connectivity index (χ1v) is 13.8. The lowest BCUT2D eigenvalue weighted by molar-refractivity contribution is -0.138. The summed E-state index contributed by atoms with van der Waals surface area (Å²) < 4.78 is 11.8. The van der Waals surface area contributed by atoms with Gasteiger partial charge in [0.05, 0.1) is 0 Å². The van der Waals surface area contributed by atoms with Crippen LogP contribution in [0.3, 0.4) is 0 Å². The third-order valence-electron chi connectivity index (χ3n) is 6.23. The van der Waals surface area contributed by atoms with Gasteiger partial charge in [-0.2, -0.15) is 0 Å². The van der Waals surface area contributed by atoms with Crippen LogP contribution in [-0.4, -0.2) is 26.4 Å². The van der Waals surface area contributed by atoms with E-state index in [9.17, 15) is 9.59 Å². The van der Waals surface area contributed by atoms with Crippen molar-refractivity contribution < 1.29 is 18.8 Å². The van der Waals surface area contributed by atoms with Crippen LogP contribution in [0.25, 0.3) is 0 Å². The van der Waals surface area contributed by atoms with E-state index in [0.29, 0.717) is 6.42 Å². The summed E-state index contributed by atoms with van der Waals surface area (Å²) in [6.45, 7) is 15.1. The van der Waals surface area contributed by atoms with Crippen LogP contribution in [0.2, 0.25) is 16.1 Å². The van der Waals surface area contributed by atoms with Gasteiger partial charge in [0.1, 0.15) is 12.6 Å². The van der Waals surface area contributed by atoms with Crippen LogP contribution >= 0.6 is 0 Å². The number of alkyl carbamates (subject to hydrolysis) is 1. The fourth-order valence-electron chi connectivity index (χ4n) is 4.98. The highest BCUT2D eigenvalue weighted by Crippen LogP contribution is 2.50. The monoisotopic (exact) mass is 469 g/mol. The van der Waals surface area contributed by atoms with Crippen molar-refractivity contribution >= 4 is 20.4 Å². The number of hydrogen-bond acceptors (Lipinski definition) is 4. The van der Waals surface area contributed by atoms with Gasteiger partial charge in [0, 0.05) is 6.42 Å². The summed E-state index contributed by atoms with van der Waals surface area (Å²) in [5, 5.41) is 2.62. The molecule has 0 aliphatic heterocycles. The molecule has 1 amide bonds. The summed E-state index contributed by atoms with van der Waals surface area (Å²) in [5.74, 6) is -0.389. The van der Waals surface area contributed by atoms with Crippen LogP contribution in [0.4, 0.5) is 4.79 Å². The predicted molar refractivity (Wildman–Crippen MR) is 135 cm³/mol. The number of nitrogens with one attached hydrogen (secondary N) is 1. The van der Waals surface area contributed by atoms with Crippen LogP contribution < -0.4 is 5.32 Å². The smallest absolute Gasteiger partial charge is 0.408 e. The number of hydrogen-bond donors (Lipinski definition) is 1. The number of ether oxygens (including phenoxy) is 1. The van der Waals surface area contributed by atoms with Gasteiger partial charge in [0.2, 0.25) is 0 Å². The average molecular weight is 470 g/mol. The highest BCUT2D eigenvalue weighted by atomic mass is 28.4. The number of carbonyl (C=O) groups is 2. The minimum Gasteiger partial charge on any atom is -0.516 e. The highest BCUT2D eigenvalue weighted by Gasteiger charge is 2.55. The molecule has 0 unspecified atom stereocenters. The van der Waals surface area contributed by atoms with Gasteiger partial charge in [-0.15, -0.1) is 0 Å². The van der Waals surface area contributed by atoms with E-state index in [0.717, 1.165) is 11.1 Å². The average Bonchev–Trinajstić information content (AvgIpc) is 2.75. The molecule has 0 aliphatic rings. The molecule has 0 radical (unpaired) electrons. The Kier molecular flexibility index (Phi) is 9.29. The first-order chi connectivity index (χ1) is 15.5. The van der Waals surface area contributed by atoms with Gasteiger partial charge in [0.25, 0.3) is 8.32 Å². The van der Waals surface area contributed by atoms with Crippen molar-refractivity contribution in [3.05, 3.63) is 71.8 Å². The van der Waals surface area contributed by atoms with E-state index in [1.807, 2.05) is 60.7 Å². The molecule has 2 rings (SSSR count). The van der Waals surface area contributed by atoms with Crippen molar-refractivity contribution in [1.82, 2.24) is 5.32 Å². The van der Waals surface area contributed by atoms with Crippen LogP contribution in [0.1, 0.15) is 59.6 Å². The van der Waals surface area contributed by atoms with E-state index < -0.39 is 20.5 Å². The van der Waals surface area contributed by atoms with E-state index in [1.165, 1.54) is 0 Å². The van der Waals surface area contributed by atoms with Crippen molar-refractivity contribution in [2.24, 2.45) is 0 Å². The molecule has 180 valence electrons. The summed E-state index contributed by atoms with van der Waals surface area (Å²) in [7, 11) is -2.56. The summed E-state index contributed by atoms with van der Waals surface area (Å²) in [6, 6.07) is 18.3. The molecule has 2 aromatic rings. The van der Waals surface area contributed by atoms with Gasteiger partial charge in [-0.1, -0.05) is 109 Å². The van der Waals surface area contributed by atoms with E-state index in [1.54, 1.807) is 0 Å². The predicted octanol–water partition coefficient (Wildman–Crippen LogP) is 6.63. The minimum absolute atomic E-state index is 0.137. The molecule has 0 fully saturated rings. The SMILES string of the molecule is CC(C)[Si](OC(=O)[C@H](Cc1ccccc1)NC(=O)OCc1ccccc1)(C(C)C)C(C)(C)C. The molecule has 0 aromatic heterocycles. The maximum atomic E-state index is 13.6. The Labute approximate surface area is 200 Å². The topological polar surface area (TPSA) is 64.6 Å². The normalized spacial score (nSPS) is 13.0. The van der Waals surface area contributed by atoms with Crippen molar-refractivity contribution in [3.8, 4) is 0 Å². The van der Waals surface area contributed by atoms with Crippen LogP contribution in [0.5, 0.6) is 0 Å². The Morgan fingerprint density at radius 1 is 0.848 bits per heavy atom. The molecule has 2 aromatic carbocycles. The second kappa shape index (κ2) is 11.5. The van der Waals surface area contributed by atoms with E-state index in [2.05, 4.69) is 53.8 Å². The molecule has 1 atom stereocenters. The molecule has 1 N–H and O–H groups in total. The number of amides is 1. The molecule has 0 saturated carbocycles. The third kappa shape index (κ3) is 6.94. The molecule has 0 bridgehead atoms. The summed E-state index contributed by atoms with van der Waals surface area (Å²) in [5.41, 5.74) is 2.28. The van der Waals surface area contributed by atoms with Crippen molar-refractivity contribution in [2.75, 3.05) is 0 Å². The Balaban J connectivity index is 2.24. The number of carbonyl (C=O) groups excluding carboxylic acids is 2. The molecular weight excluding hydrogens is 430 g/mol. The second-order valence-electron chi connectivity index (χ2n) is 10.2. The fourth-order valence-corrected chi connectivity index (χ4v) is 11.0. The first-order valence-electron chi connectivity index (χ1n) is 11.7. The van der Waals surface area contributed by atoms with Crippen molar-refractivity contribution in [2.45, 2.75) is 83.7 Å². The molecule has 0 aliphatic carbocycles. The molecule has 0 heterocycles. The van der Waals surface area contributed by atoms with Gasteiger partial charge in [-0.05, 0) is 27.2 Å². The molecular formula is C27H39NO4Si. The summed E-state index contributed by atoms with van der Waals surface area (Å²) >= 11 is 0. The maximum Gasteiger partial charge on any atom is 0.408 e. The Morgan fingerprint density at radius 2 is 1.33 bits per heavy atom. The Morgan fingerprint density at radius 3 is 1.79 bits per heavy atom. The second-order valence-corrected chi connectivity index (χ2v) is 15.8. The molecule has 33 heavy (non-hydrogen) atoms. The maximum absolute atomic E-state index is 13.6.